The van der Waals surface area contributed by atoms with E-state index < -0.39 is 4.92 Å². The highest BCUT2D eigenvalue weighted by molar-refractivity contribution is 9.10. The van der Waals surface area contributed by atoms with Crippen molar-refractivity contribution in [2.45, 2.75) is 0 Å². The molecule has 24 heavy (non-hydrogen) atoms. The number of benzene rings is 2. The summed E-state index contributed by atoms with van der Waals surface area (Å²) in [5.41, 5.74) is 1.27. The van der Waals surface area contributed by atoms with Crippen LogP contribution in [-0.2, 0) is 4.79 Å². The number of nitro benzene ring substituents is 1. The number of amidine groups is 1. The van der Waals surface area contributed by atoms with E-state index in [1.807, 2.05) is 24.3 Å². The number of carbonyl (C=O) groups is 1. The molecule has 0 aliphatic carbocycles. The van der Waals surface area contributed by atoms with E-state index in [9.17, 15) is 14.9 Å². The van der Waals surface area contributed by atoms with Crippen LogP contribution in [0.3, 0.4) is 0 Å². The molecule has 3 rings (SSSR count). The fourth-order valence-corrected chi connectivity index (χ4v) is 3.22. The number of aliphatic imine (C=N–C) groups is 1. The van der Waals surface area contributed by atoms with Crippen LogP contribution in [-0.4, -0.2) is 16.0 Å². The number of thioether (sulfide) groups is 1. The molecular formula is C16H10BrN3O3S. The van der Waals surface area contributed by atoms with Gasteiger partial charge >= 0.3 is 0 Å². The highest BCUT2D eigenvalue weighted by Gasteiger charge is 2.24. The molecule has 0 atom stereocenters. The topological polar surface area (TPSA) is 84.6 Å². The molecule has 1 saturated heterocycles. The summed E-state index contributed by atoms with van der Waals surface area (Å²) in [4.78, 5) is 27.2. The minimum Gasteiger partial charge on any atom is -0.300 e. The number of nitrogens with zero attached hydrogens (tertiary/aromatic N) is 2. The zero-order chi connectivity index (χ0) is 17.1. The Morgan fingerprint density at radius 3 is 2.75 bits per heavy atom. The van der Waals surface area contributed by atoms with Crippen molar-refractivity contribution in [1.29, 1.82) is 0 Å². The highest BCUT2D eigenvalue weighted by Crippen LogP contribution is 2.31. The number of amides is 1. The normalized spacial score (nSPS) is 17.3. The minimum atomic E-state index is -0.469. The maximum absolute atomic E-state index is 12.1. The Bertz CT molecular complexity index is 896. The van der Waals surface area contributed by atoms with Gasteiger partial charge in [-0.25, -0.2) is 4.99 Å². The Hall–Kier alpha value is -2.45. The van der Waals surface area contributed by atoms with Gasteiger partial charge in [0.2, 0.25) is 0 Å². The monoisotopic (exact) mass is 403 g/mol. The molecule has 0 radical (unpaired) electrons. The molecule has 1 amide bonds. The van der Waals surface area contributed by atoms with Crippen LogP contribution in [0.2, 0.25) is 0 Å². The predicted octanol–water partition coefficient (Wildman–Crippen LogP) is 4.25. The van der Waals surface area contributed by atoms with E-state index in [2.05, 4.69) is 26.2 Å². The lowest BCUT2D eigenvalue weighted by molar-refractivity contribution is -0.384. The van der Waals surface area contributed by atoms with Crippen LogP contribution in [0, 0.1) is 10.1 Å². The summed E-state index contributed by atoms with van der Waals surface area (Å²) < 4.78 is 0.823. The summed E-state index contributed by atoms with van der Waals surface area (Å²) in [7, 11) is 0. The Kier molecular flexibility index (Phi) is 4.77. The third-order valence-corrected chi connectivity index (χ3v) is 4.68. The van der Waals surface area contributed by atoms with E-state index >= 15 is 0 Å². The number of nitro groups is 1. The first-order chi connectivity index (χ1) is 11.5. The smallest absolute Gasteiger partial charge is 0.270 e. The van der Waals surface area contributed by atoms with Crippen LogP contribution in [0.15, 0.2) is 62.9 Å². The lowest BCUT2D eigenvalue weighted by atomic mass is 10.2. The third kappa shape index (κ3) is 3.72. The van der Waals surface area contributed by atoms with Gasteiger partial charge in [0.15, 0.2) is 5.17 Å². The van der Waals surface area contributed by atoms with Crippen molar-refractivity contribution in [2.75, 3.05) is 0 Å². The van der Waals surface area contributed by atoms with E-state index in [0.717, 1.165) is 4.47 Å². The molecule has 0 unspecified atom stereocenters. The standard InChI is InChI=1S/C16H10BrN3O3S/c17-12-6-1-2-7-13(12)18-16-19-15(21)14(24-16)9-10-4-3-5-11(8-10)20(22)23/h1-9H,(H,18,19,21)/b14-9-. The van der Waals surface area contributed by atoms with Crippen LogP contribution >= 0.6 is 27.7 Å². The first-order valence-corrected chi connectivity index (χ1v) is 8.42. The van der Waals surface area contributed by atoms with Gasteiger partial charge in [0.25, 0.3) is 11.6 Å². The van der Waals surface area contributed by atoms with Gasteiger partial charge in [-0.3, -0.25) is 14.9 Å². The van der Waals surface area contributed by atoms with Crippen molar-refractivity contribution in [3.05, 3.63) is 73.6 Å². The van der Waals surface area contributed by atoms with Crippen LogP contribution in [0.25, 0.3) is 6.08 Å². The molecule has 2 aromatic carbocycles. The van der Waals surface area contributed by atoms with Crippen molar-refractivity contribution in [3.63, 3.8) is 0 Å². The van der Waals surface area contributed by atoms with Crippen LogP contribution in [0.4, 0.5) is 11.4 Å². The zero-order valence-electron chi connectivity index (χ0n) is 12.1. The molecule has 1 aliphatic heterocycles. The second-order valence-corrected chi connectivity index (χ2v) is 6.67. The lowest BCUT2D eigenvalue weighted by Gasteiger charge is -1.98. The number of carbonyl (C=O) groups excluding carboxylic acids is 1. The van der Waals surface area contributed by atoms with Crippen LogP contribution in [0.1, 0.15) is 5.56 Å². The number of halogens is 1. The van der Waals surface area contributed by atoms with Gasteiger partial charge in [-0.1, -0.05) is 24.3 Å². The summed E-state index contributed by atoms with van der Waals surface area (Å²) in [6, 6.07) is 13.5. The van der Waals surface area contributed by atoms with Gasteiger partial charge in [-0.2, -0.15) is 0 Å². The molecule has 1 N–H and O–H groups in total. The predicted molar refractivity (Wildman–Crippen MR) is 98.0 cm³/mol. The molecule has 1 fully saturated rings. The number of rotatable bonds is 3. The Morgan fingerprint density at radius 2 is 2.00 bits per heavy atom. The summed E-state index contributed by atoms with van der Waals surface area (Å²) in [5, 5.41) is 14.0. The van der Waals surface area contributed by atoms with Crippen molar-refractivity contribution in [3.8, 4) is 0 Å². The molecule has 1 aliphatic rings. The van der Waals surface area contributed by atoms with Gasteiger partial charge in [0.05, 0.1) is 15.5 Å². The molecule has 0 bridgehead atoms. The zero-order valence-corrected chi connectivity index (χ0v) is 14.5. The molecule has 0 saturated carbocycles. The summed E-state index contributed by atoms with van der Waals surface area (Å²) >= 11 is 4.59. The molecule has 0 spiro atoms. The average molecular weight is 404 g/mol. The van der Waals surface area contributed by atoms with Crippen molar-refractivity contribution >= 4 is 56.2 Å². The van der Waals surface area contributed by atoms with E-state index in [4.69, 9.17) is 0 Å². The number of non-ortho nitro benzene ring substituents is 1. The van der Waals surface area contributed by atoms with Gasteiger partial charge in [0, 0.05) is 16.6 Å². The van der Waals surface area contributed by atoms with Crippen molar-refractivity contribution in [1.82, 2.24) is 5.32 Å². The summed E-state index contributed by atoms with van der Waals surface area (Å²) in [6.07, 6.45) is 1.61. The number of hydrogen-bond donors (Lipinski definition) is 1. The highest BCUT2D eigenvalue weighted by atomic mass is 79.9. The number of para-hydroxylation sites is 1. The first kappa shape index (κ1) is 16.4. The maximum atomic E-state index is 12.1. The van der Waals surface area contributed by atoms with Gasteiger partial charge < -0.3 is 5.32 Å². The second kappa shape index (κ2) is 6.98. The van der Waals surface area contributed by atoms with Gasteiger partial charge in [0.1, 0.15) is 0 Å². The van der Waals surface area contributed by atoms with Crippen LogP contribution < -0.4 is 5.32 Å². The largest absolute Gasteiger partial charge is 0.300 e. The Morgan fingerprint density at radius 1 is 1.21 bits per heavy atom. The molecule has 120 valence electrons. The molecule has 2 aromatic rings. The maximum Gasteiger partial charge on any atom is 0.270 e. The molecular weight excluding hydrogens is 394 g/mol. The van der Waals surface area contributed by atoms with Crippen molar-refractivity contribution in [2.24, 2.45) is 4.99 Å². The number of hydrogen-bond acceptors (Lipinski definition) is 5. The van der Waals surface area contributed by atoms with Crippen molar-refractivity contribution < 1.29 is 9.72 Å². The quantitative estimate of drug-likeness (QED) is 0.471. The van der Waals surface area contributed by atoms with Crippen LogP contribution in [0.5, 0.6) is 0 Å². The lowest BCUT2D eigenvalue weighted by Crippen LogP contribution is -2.19. The molecule has 0 aromatic heterocycles. The van der Waals surface area contributed by atoms with E-state index in [0.29, 0.717) is 21.3 Å². The third-order valence-electron chi connectivity index (χ3n) is 3.10. The van der Waals surface area contributed by atoms with Gasteiger partial charge in [-0.15, -0.1) is 0 Å². The minimum absolute atomic E-state index is 0.0186. The Labute approximate surface area is 150 Å². The average Bonchev–Trinajstić information content (AvgIpc) is 2.89. The fourth-order valence-electron chi connectivity index (χ4n) is 2.01. The second-order valence-electron chi connectivity index (χ2n) is 4.79. The first-order valence-electron chi connectivity index (χ1n) is 6.81. The Balaban J connectivity index is 1.86. The summed E-state index contributed by atoms with van der Waals surface area (Å²) in [6.45, 7) is 0. The molecule has 8 heteroatoms. The van der Waals surface area contributed by atoms with Gasteiger partial charge in [-0.05, 0) is 51.5 Å². The SMILES string of the molecule is O=C1NC(=Nc2ccccc2Br)S/C1=C\c1cccc([N+](=O)[O-])c1. The van der Waals surface area contributed by atoms with E-state index in [-0.39, 0.29) is 11.6 Å². The number of nitrogens with one attached hydrogen (secondary N) is 1. The fraction of sp³-hybridized carbons (Fsp3) is 0. The van der Waals surface area contributed by atoms with E-state index in [1.165, 1.54) is 23.9 Å². The molecule has 6 nitrogen and oxygen atoms in total. The summed E-state index contributed by atoms with van der Waals surface area (Å²) in [5.74, 6) is -0.280. The molecule has 1 heterocycles. The van der Waals surface area contributed by atoms with E-state index in [1.54, 1.807) is 18.2 Å².